The van der Waals surface area contributed by atoms with Crippen molar-refractivity contribution in [3.8, 4) is 5.69 Å². The number of amides is 1. The molecule has 0 aliphatic heterocycles. The number of carbonyl (C=O) groups excluding carboxylic acids is 1. The van der Waals surface area contributed by atoms with Gasteiger partial charge in [-0.25, -0.2) is 9.37 Å². The quantitative estimate of drug-likeness (QED) is 0.505. The number of hydrogen-bond donors (Lipinski definition) is 1. The zero-order valence-corrected chi connectivity index (χ0v) is 21.5. The number of halogens is 2. The van der Waals surface area contributed by atoms with Gasteiger partial charge >= 0.3 is 0 Å². The zero-order valence-electron chi connectivity index (χ0n) is 20.8. The molecule has 1 N–H and O–H groups in total. The van der Waals surface area contributed by atoms with Gasteiger partial charge in [0, 0.05) is 25.8 Å². The highest BCUT2D eigenvalue weighted by molar-refractivity contribution is 6.32. The maximum atomic E-state index is 13.8. The van der Waals surface area contributed by atoms with Gasteiger partial charge in [0.25, 0.3) is 5.91 Å². The first kappa shape index (κ1) is 23.5. The molecule has 2 heterocycles. The topological polar surface area (TPSA) is 67.2 Å². The summed E-state index contributed by atoms with van der Waals surface area (Å²) in [6.45, 7) is 2.26. The second-order valence-corrected chi connectivity index (χ2v) is 11.8. The average molecular weight is 509 g/mol. The number of fused-ring (bicyclic) bond motifs is 1. The van der Waals surface area contributed by atoms with E-state index in [1.807, 2.05) is 19.0 Å². The fraction of sp³-hybridized carbons (Fsp3) is 0.464. The monoisotopic (exact) mass is 508 g/mol. The Hall–Kier alpha value is -2.93. The summed E-state index contributed by atoms with van der Waals surface area (Å²) in [5.74, 6) is 1.15. The fourth-order valence-electron chi connectivity index (χ4n) is 7.43. The van der Waals surface area contributed by atoms with Crippen molar-refractivity contribution in [3.05, 3.63) is 63.2 Å². The van der Waals surface area contributed by atoms with Crippen LogP contribution in [-0.4, -0.2) is 35.1 Å². The summed E-state index contributed by atoms with van der Waals surface area (Å²) >= 11 is 6.42. The van der Waals surface area contributed by atoms with Gasteiger partial charge in [-0.1, -0.05) is 24.9 Å². The number of aromatic nitrogens is 2. The van der Waals surface area contributed by atoms with Crippen LogP contribution in [0.4, 0.5) is 10.2 Å². The van der Waals surface area contributed by atoms with Gasteiger partial charge in [0.15, 0.2) is 5.65 Å². The molecule has 2 atom stereocenters. The molecule has 4 aliphatic rings. The third kappa shape index (κ3) is 3.54. The summed E-state index contributed by atoms with van der Waals surface area (Å²) < 4.78 is 15.5. The summed E-state index contributed by atoms with van der Waals surface area (Å²) in [4.78, 5) is 33.8. The van der Waals surface area contributed by atoms with E-state index in [-0.39, 0.29) is 27.5 Å². The highest BCUT2D eigenvalue weighted by atomic mass is 35.5. The molecule has 188 valence electrons. The number of benzene rings is 1. The maximum Gasteiger partial charge on any atom is 0.257 e. The number of pyridine rings is 2. The van der Waals surface area contributed by atoms with Crippen LogP contribution in [0.25, 0.3) is 16.7 Å². The van der Waals surface area contributed by atoms with E-state index in [1.165, 1.54) is 37.2 Å². The normalized spacial score (nSPS) is 28.1. The summed E-state index contributed by atoms with van der Waals surface area (Å²) in [7, 11) is 3.71. The van der Waals surface area contributed by atoms with Crippen LogP contribution >= 0.6 is 11.6 Å². The Bertz CT molecular complexity index is 1450. The molecule has 8 heteroatoms. The Morgan fingerprint density at radius 1 is 1.19 bits per heavy atom. The van der Waals surface area contributed by atoms with Crippen LogP contribution in [0.2, 0.25) is 5.02 Å². The van der Waals surface area contributed by atoms with Crippen molar-refractivity contribution in [1.29, 1.82) is 0 Å². The molecular formula is C28H30ClFN4O2. The summed E-state index contributed by atoms with van der Waals surface area (Å²) in [6, 6.07) is 7.49. The molecule has 4 aliphatic carbocycles. The molecule has 4 saturated carbocycles. The Balaban J connectivity index is 1.46. The molecule has 7 rings (SSSR count). The third-order valence-corrected chi connectivity index (χ3v) is 9.22. The molecular weight excluding hydrogens is 479 g/mol. The number of hydrogen-bond acceptors (Lipinski definition) is 4. The molecule has 6 nitrogen and oxygen atoms in total. The Labute approximate surface area is 214 Å². The molecule has 0 saturated heterocycles. The number of nitrogens with one attached hydrogen (secondary N) is 1. The number of carbonyl (C=O) groups is 1. The first-order valence-corrected chi connectivity index (χ1v) is 13.0. The van der Waals surface area contributed by atoms with Crippen molar-refractivity contribution >= 4 is 34.4 Å². The lowest BCUT2D eigenvalue weighted by molar-refractivity contribution is 0.0677. The molecule has 0 spiro atoms. The van der Waals surface area contributed by atoms with Gasteiger partial charge in [-0.15, -0.1) is 0 Å². The average Bonchev–Trinajstić information content (AvgIpc) is 3.23. The molecule has 1 amide bonds. The largest absolute Gasteiger partial charge is 0.363 e. The van der Waals surface area contributed by atoms with E-state index in [1.54, 1.807) is 16.7 Å². The van der Waals surface area contributed by atoms with Crippen molar-refractivity contribution in [3.63, 3.8) is 0 Å². The first-order valence-electron chi connectivity index (χ1n) is 12.6. The number of anilines is 1. The Morgan fingerprint density at radius 3 is 2.56 bits per heavy atom. The highest BCUT2D eigenvalue weighted by Crippen LogP contribution is 2.66. The molecule has 0 radical (unpaired) electrons. The van der Waals surface area contributed by atoms with Crippen LogP contribution in [0.3, 0.4) is 0 Å². The van der Waals surface area contributed by atoms with E-state index >= 15 is 0 Å². The standard InChI is InChI=1S/C28H30ClFN4O2/c1-4-27-10-16-12-28(15-27,13-17(16)11-27)32-26(36)20-14-34(22-7-5-18(30)9-21(22)29)25-19(24(20)35)6-8-23(31-25)33(2)3/h5-9,14,16-17H,4,10-13,15H2,1-3H3,(H,32,36). The fourth-order valence-corrected chi connectivity index (χ4v) is 7.69. The summed E-state index contributed by atoms with van der Waals surface area (Å²) in [6.07, 6.45) is 8.12. The highest BCUT2D eigenvalue weighted by Gasteiger charge is 2.62. The second kappa shape index (κ2) is 8.04. The van der Waals surface area contributed by atoms with Crippen molar-refractivity contribution in [2.75, 3.05) is 19.0 Å². The lowest BCUT2D eigenvalue weighted by Gasteiger charge is -2.46. The SMILES string of the molecule is CCC12CC3CC(NC(=O)c4cn(-c5ccc(F)cc5Cl)c5nc(N(C)C)ccc5c4=O)(CC3C1)C2. The molecule has 2 unspecified atom stereocenters. The van der Waals surface area contributed by atoms with Crippen LogP contribution in [0.15, 0.2) is 41.3 Å². The van der Waals surface area contributed by atoms with Crippen LogP contribution < -0.4 is 15.6 Å². The van der Waals surface area contributed by atoms with Crippen molar-refractivity contribution in [2.24, 2.45) is 17.3 Å². The van der Waals surface area contributed by atoms with Gasteiger partial charge in [-0.3, -0.25) is 14.2 Å². The van der Waals surface area contributed by atoms with Crippen LogP contribution in [0, 0.1) is 23.1 Å². The van der Waals surface area contributed by atoms with Gasteiger partial charge < -0.3 is 10.2 Å². The van der Waals surface area contributed by atoms with Crippen LogP contribution in [-0.2, 0) is 0 Å². The summed E-state index contributed by atoms with van der Waals surface area (Å²) in [5.41, 5.74) is 0.558. The molecule has 1 aromatic carbocycles. The van der Waals surface area contributed by atoms with E-state index in [0.717, 1.165) is 25.7 Å². The van der Waals surface area contributed by atoms with Crippen molar-refractivity contribution in [1.82, 2.24) is 14.9 Å². The molecule has 36 heavy (non-hydrogen) atoms. The predicted molar refractivity (Wildman–Crippen MR) is 140 cm³/mol. The summed E-state index contributed by atoms with van der Waals surface area (Å²) in [5, 5.41) is 3.80. The predicted octanol–water partition coefficient (Wildman–Crippen LogP) is 5.33. The molecule has 4 bridgehead atoms. The van der Waals surface area contributed by atoms with Gasteiger partial charge in [-0.2, -0.15) is 0 Å². The first-order chi connectivity index (χ1) is 17.1. The number of nitrogens with zero attached hydrogens (tertiary/aromatic N) is 3. The van der Waals surface area contributed by atoms with E-state index in [2.05, 4.69) is 17.2 Å². The molecule has 4 fully saturated rings. The maximum absolute atomic E-state index is 13.8. The Morgan fingerprint density at radius 2 is 1.92 bits per heavy atom. The molecule has 3 aromatic rings. The van der Waals surface area contributed by atoms with Crippen LogP contribution in [0.5, 0.6) is 0 Å². The third-order valence-electron chi connectivity index (χ3n) is 8.91. The van der Waals surface area contributed by atoms with E-state index < -0.39 is 5.82 Å². The van der Waals surface area contributed by atoms with Gasteiger partial charge in [0.05, 0.1) is 16.1 Å². The minimum Gasteiger partial charge on any atom is -0.363 e. The lowest BCUT2D eigenvalue weighted by Crippen LogP contribution is -2.53. The van der Waals surface area contributed by atoms with Gasteiger partial charge in [0.1, 0.15) is 17.2 Å². The van der Waals surface area contributed by atoms with Crippen LogP contribution in [0.1, 0.15) is 55.8 Å². The molecule has 2 aromatic heterocycles. The van der Waals surface area contributed by atoms with Gasteiger partial charge in [0.2, 0.25) is 5.43 Å². The zero-order chi connectivity index (χ0) is 25.4. The van der Waals surface area contributed by atoms with E-state index in [0.29, 0.717) is 39.8 Å². The minimum absolute atomic E-state index is 0.0462. The van der Waals surface area contributed by atoms with Gasteiger partial charge in [-0.05, 0) is 79.7 Å². The second-order valence-electron chi connectivity index (χ2n) is 11.4. The minimum atomic E-state index is -0.468. The number of rotatable bonds is 5. The van der Waals surface area contributed by atoms with Crippen molar-refractivity contribution in [2.45, 2.75) is 51.0 Å². The van der Waals surface area contributed by atoms with Crippen molar-refractivity contribution < 1.29 is 9.18 Å². The van der Waals surface area contributed by atoms with E-state index in [4.69, 9.17) is 11.6 Å². The Kier molecular flexibility index (Phi) is 5.24. The smallest absolute Gasteiger partial charge is 0.257 e. The van der Waals surface area contributed by atoms with E-state index in [9.17, 15) is 14.0 Å². The lowest BCUT2D eigenvalue weighted by atomic mass is 9.64.